The molecule has 3 aromatic rings. The van der Waals surface area contributed by atoms with Gasteiger partial charge in [-0.3, -0.25) is 10.1 Å². The van der Waals surface area contributed by atoms with Gasteiger partial charge in [0, 0.05) is 21.0 Å². The van der Waals surface area contributed by atoms with Gasteiger partial charge in [0.1, 0.15) is 0 Å². The number of aryl methyl sites for hydroxylation is 1. The normalized spacial score (nSPS) is 10.6. The molecule has 0 aliphatic heterocycles. The maximum absolute atomic E-state index is 12.5. The number of amides is 1. The smallest absolute Gasteiger partial charge is 0.257 e. The Morgan fingerprint density at radius 3 is 2.46 bits per heavy atom. The number of aromatic nitrogens is 1. The van der Waals surface area contributed by atoms with Crippen molar-refractivity contribution in [2.24, 2.45) is 0 Å². The largest absolute Gasteiger partial charge is 0.493 e. The van der Waals surface area contributed by atoms with Gasteiger partial charge in [-0.25, -0.2) is 4.98 Å². The first-order valence-corrected chi connectivity index (χ1v) is 10.0. The highest BCUT2D eigenvalue weighted by Gasteiger charge is 2.17. The molecule has 1 amide bonds. The second-order valence-corrected chi connectivity index (χ2v) is 7.59. The number of benzene rings is 2. The molecule has 0 atom stereocenters. The van der Waals surface area contributed by atoms with E-state index in [0.717, 1.165) is 29.0 Å². The monoisotopic (exact) mass is 416 g/mol. The number of thiazole rings is 1. The Labute approximate surface area is 173 Å². The number of methoxy groups -OCH3 is 2. The zero-order chi connectivity index (χ0) is 20.1. The van der Waals surface area contributed by atoms with Crippen LogP contribution in [0.2, 0.25) is 5.02 Å². The second kappa shape index (κ2) is 9.08. The van der Waals surface area contributed by atoms with Gasteiger partial charge in [0.05, 0.1) is 19.9 Å². The van der Waals surface area contributed by atoms with E-state index in [4.69, 9.17) is 21.1 Å². The van der Waals surface area contributed by atoms with Gasteiger partial charge in [0.2, 0.25) is 0 Å². The van der Waals surface area contributed by atoms with Crippen molar-refractivity contribution in [1.29, 1.82) is 0 Å². The van der Waals surface area contributed by atoms with E-state index in [2.05, 4.69) is 17.2 Å². The Kier molecular flexibility index (Phi) is 6.54. The van der Waals surface area contributed by atoms with Crippen LogP contribution in [0.5, 0.6) is 11.5 Å². The molecule has 0 radical (unpaired) electrons. The lowest BCUT2D eigenvalue weighted by molar-refractivity contribution is 0.102. The Morgan fingerprint density at radius 1 is 1.11 bits per heavy atom. The third kappa shape index (κ3) is 4.46. The van der Waals surface area contributed by atoms with E-state index in [9.17, 15) is 4.79 Å². The molecule has 7 heteroatoms. The highest BCUT2D eigenvalue weighted by atomic mass is 35.5. The molecule has 0 aliphatic carbocycles. The van der Waals surface area contributed by atoms with Crippen LogP contribution in [-0.2, 0) is 6.42 Å². The van der Waals surface area contributed by atoms with E-state index in [0.29, 0.717) is 27.2 Å². The fourth-order valence-electron chi connectivity index (χ4n) is 2.78. The standard InChI is InChI=1S/C21H21ClN2O3S/c1-4-5-18-19(14-8-11-16(26-2)17(12-14)27-3)23-21(28-18)24-20(25)13-6-9-15(22)10-7-13/h6-12H,4-5H2,1-3H3,(H,23,24,25). The zero-order valence-electron chi connectivity index (χ0n) is 15.9. The minimum Gasteiger partial charge on any atom is -0.493 e. The van der Waals surface area contributed by atoms with Gasteiger partial charge in [-0.2, -0.15) is 0 Å². The minimum atomic E-state index is -0.215. The molecule has 0 saturated heterocycles. The van der Waals surface area contributed by atoms with Crippen molar-refractivity contribution in [2.45, 2.75) is 19.8 Å². The Morgan fingerprint density at radius 2 is 1.82 bits per heavy atom. The summed E-state index contributed by atoms with van der Waals surface area (Å²) in [4.78, 5) is 18.3. The maximum atomic E-state index is 12.5. The number of carbonyl (C=O) groups is 1. The highest BCUT2D eigenvalue weighted by Crippen LogP contribution is 2.37. The summed E-state index contributed by atoms with van der Waals surface area (Å²) in [6, 6.07) is 12.5. The summed E-state index contributed by atoms with van der Waals surface area (Å²) in [6.07, 6.45) is 1.85. The maximum Gasteiger partial charge on any atom is 0.257 e. The van der Waals surface area contributed by atoms with E-state index < -0.39 is 0 Å². The third-order valence-corrected chi connectivity index (χ3v) is 5.44. The lowest BCUT2D eigenvalue weighted by Crippen LogP contribution is -2.11. The fraction of sp³-hybridized carbons (Fsp3) is 0.238. The van der Waals surface area contributed by atoms with Crippen molar-refractivity contribution >= 4 is 34.0 Å². The zero-order valence-corrected chi connectivity index (χ0v) is 17.5. The van der Waals surface area contributed by atoms with Gasteiger partial charge in [-0.1, -0.05) is 24.9 Å². The lowest BCUT2D eigenvalue weighted by Gasteiger charge is -2.09. The number of ether oxygens (including phenoxy) is 2. The van der Waals surface area contributed by atoms with Crippen molar-refractivity contribution in [3.63, 3.8) is 0 Å². The van der Waals surface area contributed by atoms with Crippen LogP contribution in [0.25, 0.3) is 11.3 Å². The van der Waals surface area contributed by atoms with E-state index >= 15 is 0 Å². The number of nitrogens with one attached hydrogen (secondary N) is 1. The van der Waals surface area contributed by atoms with Gasteiger partial charge < -0.3 is 9.47 Å². The van der Waals surface area contributed by atoms with Crippen LogP contribution in [0.15, 0.2) is 42.5 Å². The molecule has 5 nitrogen and oxygen atoms in total. The Bertz CT molecular complexity index is 970. The lowest BCUT2D eigenvalue weighted by atomic mass is 10.1. The van der Waals surface area contributed by atoms with Crippen molar-refractivity contribution in [3.05, 3.63) is 57.9 Å². The molecule has 1 heterocycles. The van der Waals surface area contributed by atoms with E-state index in [1.807, 2.05) is 18.2 Å². The second-order valence-electron chi connectivity index (χ2n) is 6.07. The number of hydrogen-bond donors (Lipinski definition) is 1. The van der Waals surface area contributed by atoms with Crippen molar-refractivity contribution in [3.8, 4) is 22.8 Å². The van der Waals surface area contributed by atoms with Crippen LogP contribution in [0.3, 0.4) is 0 Å². The number of carbonyl (C=O) groups excluding carboxylic acids is 1. The van der Waals surface area contributed by atoms with E-state index in [1.54, 1.807) is 38.5 Å². The summed E-state index contributed by atoms with van der Waals surface area (Å²) in [7, 11) is 3.21. The SMILES string of the molecule is CCCc1sc(NC(=O)c2ccc(Cl)cc2)nc1-c1ccc(OC)c(OC)c1. The Balaban J connectivity index is 1.91. The average Bonchev–Trinajstić information content (AvgIpc) is 3.10. The number of nitrogens with zero attached hydrogens (tertiary/aromatic N) is 1. The Hall–Kier alpha value is -2.57. The van der Waals surface area contributed by atoms with Gasteiger partial charge in [-0.15, -0.1) is 11.3 Å². The van der Waals surface area contributed by atoms with Crippen LogP contribution in [0.1, 0.15) is 28.6 Å². The number of halogens is 1. The van der Waals surface area contributed by atoms with Crippen LogP contribution in [-0.4, -0.2) is 25.1 Å². The molecule has 0 fully saturated rings. The molecule has 0 aliphatic rings. The summed E-state index contributed by atoms with van der Waals surface area (Å²) in [5.74, 6) is 1.09. The highest BCUT2D eigenvalue weighted by molar-refractivity contribution is 7.16. The molecular weight excluding hydrogens is 396 g/mol. The molecule has 3 rings (SSSR count). The van der Waals surface area contributed by atoms with Crippen molar-refractivity contribution < 1.29 is 14.3 Å². The van der Waals surface area contributed by atoms with Gasteiger partial charge >= 0.3 is 0 Å². The summed E-state index contributed by atoms with van der Waals surface area (Å²) in [5, 5.41) is 4.04. The first-order chi connectivity index (χ1) is 13.5. The van der Waals surface area contributed by atoms with Crippen molar-refractivity contribution in [1.82, 2.24) is 4.98 Å². The predicted molar refractivity (Wildman–Crippen MR) is 114 cm³/mol. The van der Waals surface area contributed by atoms with Crippen LogP contribution < -0.4 is 14.8 Å². The molecule has 0 unspecified atom stereocenters. The number of hydrogen-bond acceptors (Lipinski definition) is 5. The topological polar surface area (TPSA) is 60.5 Å². The summed E-state index contributed by atoms with van der Waals surface area (Å²) in [6.45, 7) is 2.12. The van der Waals surface area contributed by atoms with Crippen LogP contribution in [0, 0.1) is 0 Å². The first-order valence-electron chi connectivity index (χ1n) is 8.84. The number of anilines is 1. The van der Waals surface area contributed by atoms with Crippen LogP contribution in [0.4, 0.5) is 5.13 Å². The fourth-order valence-corrected chi connectivity index (χ4v) is 3.99. The molecule has 0 spiro atoms. The summed E-state index contributed by atoms with van der Waals surface area (Å²) >= 11 is 7.38. The molecule has 0 saturated carbocycles. The molecule has 2 aromatic carbocycles. The van der Waals surface area contributed by atoms with Gasteiger partial charge in [0.15, 0.2) is 16.6 Å². The predicted octanol–water partition coefficient (Wildman–Crippen LogP) is 5.69. The quantitative estimate of drug-likeness (QED) is 0.537. The third-order valence-electron chi connectivity index (χ3n) is 4.16. The molecular formula is C21H21ClN2O3S. The number of rotatable bonds is 7. The van der Waals surface area contributed by atoms with Crippen molar-refractivity contribution in [2.75, 3.05) is 19.5 Å². The van der Waals surface area contributed by atoms with Gasteiger partial charge in [0.25, 0.3) is 5.91 Å². The minimum absolute atomic E-state index is 0.215. The van der Waals surface area contributed by atoms with E-state index in [-0.39, 0.29) is 5.91 Å². The average molecular weight is 417 g/mol. The van der Waals surface area contributed by atoms with E-state index in [1.165, 1.54) is 11.3 Å². The molecule has 28 heavy (non-hydrogen) atoms. The van der Waals surface area contributed by atoms with Crippen LogP contribution >= 0.6 is 22.9 Å². The first kappa shape index (κ1) is 20.2. The van der Waals surface area contributed by atoms with Gasteiger partial charge in [-0.05, 0) is 48.9 Å². The summed E-state index contributed by atoms with van der Waals surface area (Å²) in [5.41, 5.74) is 2.30. The molecule has 1 aromatic heterocycles. The molecule has 1 N–H and O–H groups in total. The molecule has 146 valence electrons. The molecule has 0 bridgehead atoms. The summed E-state index contributed by atoms with van der Waals surface area (Å²) < 4.78 is 10.7.